The van der Waals surface area contributed by atoms with Crippen molar-refractivity contribution in [3.8, 4) is 0 Å². The molecular weight excluding hydrogens is 255 g/mol. The highest BCUT2D eigenvalue weighted by molar-refractivity contribution is 6.40. The lowest BCUT2D eigenvalue weighted by molar-refractivity contribution is 0.365. The summed E-state index contributed by atoms with van der Waals surface area (Å²) < 4.78 is 6.11. The molecule has 8 heteroatoms. The van der Waals surface area contributed by atoms with E-state index in [1.54, 1.807) is 6.92 Å². The largest absolute Gasteiger partial charge is 0.337 e. The van der Waals surface area contributed by atoms with Gasteiger partial charge in [0, 0.05) is 0 Å². The van der Waals surface area contributed by atoms with Gasteiger partial charge >= 0.3 is 0 Å². The van der Waals surface area contributed by atoms with Crippen molar-refractivity contribution in [2.75, 3.05) is 0 Å². The van der Waals surface area contributed by atoms with Gasteiger partial charge in [-0.3, -0.25) is 9.36 Å². The van der Waals surface area contributed by atoms with E-state index in [9.17, 15) is 4.79 Å². The third kappa shape index (κ3) is 2.07. The van der Waals surface area contributed by atoms with Crippen molar-refractivity contribution in [2.24, 2.45) is 0 Å². The van der Waals surface area contributed by atoms with E-state index in [2.05, 4.69) is 15.1 Å². The van der Waals surface area contributed by atoms with Gasteiger partial charge in [-0.2, -0.15) is 4.98 Å². The highest BCUT2D eigenvalue weighted by atomic mass is 35.5. The zero-order valence-corrected chi connectivity index (χ0v) is 9.66. The topological polar surface area (TPSA) is 73.8 Å². The normalized spacial score (nSPS) is 10.7. The summed E-state index contributed by atoms with van der Waals surface area (Å²) in [5.41, 5.74) is -0.447. The van der Waals surface area contributed by atoms with Crippen molar-refractivity contribution in [3.63, 3.8) is 0 Å². The lowest BCUT2D eigenvalue weighted by atomic mass is 10.5. The maximum absolute atomic E-state index is 11.6. The van der Waals surface area contributed by atoms with Crippen LogP contribution in [0.3, 0.4) is 0 Å². The van der Waals surface area contributed by atoms with Crippen LogP contribution in [0.4, 0.5) is 0 Å². The molecule has 2 aromatic heterocycles. The number of rotatable bonds is 2. The molecule has 0 amide bonds. The van der Waals surface area contributed by atoms with Gasteiger partial charge in [-0.15, -0.1) is 0 Å². The molecule has 2 aromatic rings. The van der Waals surface area contributed by atoms with Gasteiger partial charge in [0.15, 0.2) is 11.0 Å². The van der Waals surface area contributed by atoms with Crippen molar-refractivity contribution in [1.82, 2.24) is 19.7 Å². The Morgan fingerprint density at radius 1 is 1.50 bits per heavy atom. The molecule has 0 unspecified atom stereocenters. The van der Waals surface area contributed by atoms with Gasteiger partial charge in [-0.25, -0.2) is 4.98 Å². The number of nitrogens with zero attached hydrogens (tertiary/aromatic N) is 4. The van der Waals surface area contributed by atoms with Gasteiger partial charge in [0.2, 0.25) is 5.89 Å². The van der Waals surface area contributed by atoms with E-state index < -0.39 is 5.56 Å². The summed E-state index contributed by atoms with van der Waals surface area (Å²) in [6.07, 6.45) is 1.27. The Kier molecular flexibility index (Phi) is 2.93. The quantitative estimate of drug-likeness (QED) is 0.761. The first-order chi connectivity index (χ1) is 7.58. The van der Waals surface area contributed by atoms with E-state index in [0.717, 1.165) is 0 Å². The number of halogens is 2. The Bertz CT molecular complexity index is 578. The zero-order valence-electron chi connectivity index (χ0n) is 8.15. The maximum Gasteiger partial charge on any atom is 0.274 e. The average molecular weight is 261 g/mol. The van der Waals surface area contributed by atoms with Crippen LogP contribution in [-0.4, -0.2) is 19.7 Å². The molecule has 0 atom stereocenters. The van der Waals surface area contributed by atoms with Gasteiger partial charge < -0.3 is 4.52 Å². The van der Waals surface area contributed by atoms with Crippen molar-refractivity contribution in [3.05, 3.63) is 38.6 Å². The van der Waals surface area contributed by atoms with E-state index >= 15 is 0 Å². The second kappa shape index (κ2) is 4.23. The molecule has 16 heavy (non-hydrogen) atoms. The highest BCUT2D eigenvalue weighted by Gasteiger charge is 2.10. The van der Waals surface area contributed by atoms with Crippen LogP contribution in [0.1, 0.15) is 11.7 Å². The summed E-state index contributed by atoms with van der Waals surface area (Å²) in [6.45, 7) is 1.80. The second-order valence-electron chi connectivity index (χ2n) is 3.02. The number of hydrogen-bond donors (Lipinski definition) is 0. The predicted molar refractivity (Wildman–Crippen MR) is 56.7 cm³/mol. The fraction of sp³-hybridized carbons (Fsp3) is 0.250. The van der Waals surface area contributed by atoms with Crippen LogP contribution in [0.2, 0.25) is 10.2 Å². The smallest absolute Gasteiger partial charge is 0.274 e. The summed E-state index contributed by atoms with van der Waals surface area (Å²) in [5, 5.41) is 3.45. The van der Waals surface area contributed by atoms with Crippen LogP contribution in [0, 0.1) is 6.92 Å². The first-order valence-corrected chi connectivity index (χ1v) is 5.03. The minimum Gasteiger partial charge on any atom is -0.337 e. The van der Waals surface area contributed by atoms with Crippen molar-refractivity contribution >= 4 is 23.2 Å². The summed E-state index contributed by atoms with van der Waals surface area (Å²) in [7, 11) is 0. The number of hydrogen-bond acceptors (Lipinski definition) is 5. The molecule has 0 saturated carbocycles. The van der Waals surface area contributed by atoms with Gasteiger partial charge in [-0.05, 0) is 6.92 Å². The first-order valence-electron chi connectivity index (χ1n) is 4.27. The summed E-state index contributed by atoms with van der Waals surface area (Å²) in [4.78, 5) is 19.3. The van der Waals surface area contributed by atoms with E-state index in [0.29, 0.717) is 11.7 Å². The van der Waals surface area contributed by atoms with Crippen LogP contribution >= 0.6 is 23.2 Å². The predicted octanol–water partition coefficient (Wildman–Crippen LogP) is 1.29. The van der Waals surface area contributed by atoms with Gasteiger partial charge in [0.05, 0.1) is 6.33 Å². The Morgan fingerprint density at radius 3 is 2.88 bits per heavy atom. The molecule has 0 aromatic carbocycles. The number of aryl methyl sites for hydroxylation is 1. The van der Waals surface area contributed by atoms with Gasteiger partial charge in [0.1, 0.15) is 11.6 Å². The SMILES string of the molecule is Cc1noc(Cn2cnc(Cl)c(Cl)c2=O)n1. The third-order valence-corrected chi connectivity index (χ3v) is 2.54. The molecule has 6 nitrogen and oxygen atoms in total. The van der Waals surface area contributed by atoms with E-state index in [-0.39, 0.29) is 16.7 Å². The molecule has 2 rings (SSSR count). The van der Waals surface area contributed by atoms with Crippen LogP contribution < -0.4 is 5.56 Å². The molecule has 84 valence electrons. The molecule has 0 N–H and O–H groups in total. The lowest BCUT2D eigenvalue weighted by Crippen LogP contribution is -2.21. The van der Waals surface area contributed by atoms with Crippen molar-refractivity contribution in [2.45, 2.75) is 13.5 Å². The van der Waals surface area contributed by atoms with Gasteiger partial charge in [0.25, 0.3) is 5.56 Å². The molecule has 0 aliphatic rings. The Hall–Kier alpha value is -1.40. The molecule has 0 aliphatic carbocycles. The van der Waals surface area contributed by atoms with Crippen molar-refractivity contribution in [1.29, 1.82) is 0 Å². The Balaban J connectivity index is 2.36. The lowest BCUT2D eigenvalue weighted by Gasteiger charge is -2.01. The zero-order chi connectivity index (χ0) is 11.7. The van der Waals surface area contributed by atoms with Crippen LogP contribution in [0.5, 0.6) is 0 Å². The molecule has 0 saturated heterocycles. The standard InChI is InChI=1S/C8H6Cl2N4O2/c1-4-12-5(16-13-4)2-14-3-11-7(10)6(9)8(14)15/h3H,2H2,1H3. The Labute approximate surface area is 99.8 Å². The van der Waals surface area contributed by atoms with Crippen LogP contribution in [-0.2, 0) is 6.54 Å². The monoisotopic (exact) mass is 260 g/mol. The molecule has 2 heterocycles. The molecule has 0 bridgehead atoms. The van der Waals surface area contributed by atoms with E-state index in [1.165, 1.54) is 10.9 Å². The van der Waals surface area contributed by atoms with Crippen LogP contribution in [0.25, 0.3) is 0 Å². The van der Waals surface area contributed by atoms with E-state index in [4.69, 9.17) is 27.7 Å². The average Bonchev–Trinajstić information content (AvgIpc) is 2.65. The highest BCUT2D eigenvalue weighted by Crippen LogP contribution is 2.12. The Morgan fingerprint density at radius 2 is 2.25 bits per heavy atom. The summed E-state index contributed by atoms with van der Waals surface area (Å²) in [5.74, 6) is 0.802. The van der Waals surface area contributed by atoms with Crippen molar-refractivity contribution < 1.29 is 4.52 Å². The third-order valence-electron chi connectivity index (χ3n) is 1.82. The molecule has 0 spiro atoms. The van der Waals surface area contributed by atoms with Crippen LogP contribution in [0.15, 0.2) is 15.6 Å². The fourth-order valence-corrected chi connectivity index (χ4v) is 1.39. The summed E-state index contributed by atoms with van der Waals surface area (Å²) >= 11 is 11.2. The second-order valence-corrected chi connectivity index (χ2v) is 3.75. The molecule has 0 fully saturated rings. The molecule has 0 radical (unpaired) electrons. The van der Waals surface area contributed by atoms with Gasteiger partial charge in [-0.1, -0.05) is 28.4 Å². The molecule has 0 aliphatic heterocycles. The minimum absolute atomic E-state index is 0.0235. The fourth-order valence-electron chi connectivity index (χ4n) is 1.11. The maximum atomic E-state index is 11.6. The van der Waals surface area contributed by atoms with E-state index in [1.807, 2.05) is 0 Å². The summed E-state index contributed by atoms with van der Waals surface area (Å²) in [6, 6.07) is 0. The number of aromatic nitrogens is 4. The minimum atomic E-state index is -0.447. The molecular formula is C8H6Cl2N4O2. The first kappa shape index (κ1) is 11.1.